The molecule has 2 aliphatic heterocycles. The molecular weight excluding hydrogens is 152 g/mol. The van der Waals surface area contributed by atoms with Gasteiger partial charge >= 0.3 is 0 Å². The average molecular weight is 170 g/mol. The molecule has 0 bridgehead atoms. The Labute approximate surface area is 74.2 Å². The van der Waals surface area contributed by atoms with Crippen LogP contribution < -0.4 is 0 Å². The molecule has 12 heavy (non-hydrogen) atoms. The van der Waals surface area contributed by atoms with Gasteiger partial charge in [0.25, 0.3) is 0 Å². The van der Waals surface area contributed by atoms with Gasteiger partial charge in [-0.3, -0.25) is 0 Å². The van der Waals surface area contributed by atoms with Gasteiger partial charge in [-0.05, 0) is 19.3 Å². The molecule has 2 nitrogen and oxygen atoms in total. The molecule has 2 fully saturated rings. The van der Waals surface area contributed by atoms with Crippen molar-refractivity contribution in [2.45, 2.75) is 57.3 Å². The van der Waals surface area contributed by atoms with Crippen molar-refractivity contribution < 1.29 is 9.47 Å². The molecule has 0 radical (unpaired) electrons. The summed E-state index contributed by atoms with van der Waals surface area (Å²) in [5.41, 5.74) is 0. The summed E-state index contributed by atoms with van der Waals surface area (Å²) in [5, 5.41) is 0. The van der Waals surface area contributed by atoms with Gasteiger partial charge < -0.3 is 9.47 Å². The van der Waals surface area contributed by atoms with E-state index in [1.165, 1.54) is 25.7 Å². The Morgan fingerprint density at radius 2 is 2.33 bits per heavy atom. The summed E-state index contributed by atoms with van der Waals surface area (Å²) in [6.45, 7) is 3.11. The number of rotatable bonds is 2. The van der Waals surface area contributed by atoms with Crippen LogP contribution in [0.3, 0.4) is 0 Å². The van der Waals surface area contributed by atoms with Gasteiger partial charge in [0.05, 0.1) is 12.7 Å². The van der Waals surface area contributed by atoms with E-state index < -0.39 is 0 Å². The zero-order chi connectivity index (χ0) is 8.44. The molecule has 0 aromatic heterocycles. The van der Waals surface area contributed by atoms with Gasteiger partial charge in [-0.25, -0.2) is 0 Å². The molecule has 70 valence electrons. The van der Waals surface area contributed by atoms with E-state index in [0.29, 0.717) is 6.10 Å². The van der Waals surface area contributed by atoms with Crippen molar-refractivity contribution in [1.29, 1.82) is 0 Å². The fraction of sp³-hybridized carbons (Fsp3) is 1.00. The van der Waals surface area contributed by atoms with Crippen LogP contribution in [0.15, 0.2) is 0 Å². The Morgan fingerprint density at radius 3 is 3.00 bits per heavy atom. The highest BCUT2D eigenvalue weighted by atomic mass is 16.7. The van der Waals surface area contributed by atoms with Gasteiger partial charge in [0.2, 0.25) is 0 Å². The Kier molecular flexibility index (Phi) is 2.37. The van der Waals surface area contributed by atoms with Crippen molar-refractivity contribution in [2.75, 3.05) is 6.61 Å². The van der Waals surface area contributed by atoms with Gasteiger partial charge in [-0.1, -0.05) is 13.3 Å². The van der Waals surface area contributed by atoms with Gasteiger partial charge in [0.15, 0.2) is 5.79 Å². The van der Waals surface area contributed by atoms with E-state index >= 15 is 0 Å². The lowest BCUT2D eigenvalue weighted by Gasteiger charge is -2.22. The van der Waals surface area contributed by atoms with E-state index in [0.717, 1.165) is 19.4 Å². The lowest BCUT2D eigenvalue weighted by Crippen LogP contribution is -2.27. The highest BCUT2D eigenvalue weighted by molar-refractivity contribution is 4.84. The molecule has 2 aliphatic rings. The highest BCUT2D eigenvalue weighted by Gasteiger charge is 2.43. The fourth-order valence-corrected chi connectivity index (χ4v) is 2.29. The molecule has 2 heteroatoms. The number of hydrogen-bond donors (Lipinski definition) is 0. The molecule has 2 atom stereocenters. The first-order chi connectivity index (χ1) is 5.85. The van der Waals surface area contributed by atoms with Crippen LogP contribution in [0.25, 0.3) is 0 Å². The lowest BCUT2D eigenvalue weighted by atomic mass is 10.1. The van der Waals surface area contributed by atoms with Gasteiger partial charge in [0, 0.05) is 12.8 Å². The molecule has 0 aromatic rings. The zero-order valence-corrected chi connectivity index (χ0v) is 7.84. The Bertz CT molecular complexity index is 150. The van der Waals surface area contributed by atoms with E-state index in [1.54, 1.807) is 0 Å². The zero-order valence-electron chi connectivity index (χ0n) is 7.84. The summed E-state index contributed by atoms with van der Waals surface area (Å²) in [4.78, 5) is 0. The summed E-state index contributed by atoms with van der Waals surface area (Å²) < 4.78 is 11.6. The second-order valence-corrected chi connectivity index (χ2v) is 3.93. The summed E-state index contributed by atoms with van der Waals surface area (Å²) in [5.74, 6) is -0.139. The van der Waals surface area contributed by atoms with Gasteiger partial charge in [-0.2, -0.15) is 0 Å². The van der Waals surface area contributed by atoms with Crippen LogP contribution in [-0.4, -0.2) is 18.5 Å². The van der Waals surface area contributed by atoms with Crippen molar-refractivity contribution in [3.63, 3.8) is 0 Å². The smallest absolute Gasteiger partial charge is 0.168 e. The molecule has 2 heterocycles. The van der Waals surface area contributed by atoms with Crippen molar-refractivity contribution >= 4 is 0 Å². The average Bonchev–Trinajstić information content (AvgIpc) is 2.65. The largest absolute Gasteiger partial charge is 0.350 e. The molecular formula is C10H18O2. The number of hydrogen-bond acceptors (Lipinski definition) is 2. The van der Waals surface area contributed by atoms with Gasteiger partial charge in [-0.15, -0.1) is 0 Å². The SMILES string of the molecule is CCCC1CCC2(CCCO2)O1. The summed E-state index contributed by atoms with van der Waals surface area (Å²) >= 11 is 0. The molecule has 2 saturated heterocycles. The highest BCUT2D eigenvalue weighted by Crippen LogP contribution is 2.40. The minimum atomic E-state index is -0.139. The molecule has 2 unspecified atom stereocenters. The predicted molar refractivity (Wildman–Crippen MR) is 46.9 cm³/mol. The van der Waals surface area contributed by atoms with E-state index in [4.69, 9.17) is 9.47 Å². The normalized spacial score (nSPS) is 41.2. The molecule has 2 rings (SSSR count). The summed E-state index contributed by atoms with van der Waals surface area (Å²) in [6, 6.07) is 0. The van der Waals surface area contributed by atoms with Crippen molar-refractivity contribution in [3.8, 4) is 0 Å². The van der Waals surface area contributed by atoms with E-state index in [9.17, 15) is 0 Å². The topological polar surface area (TPSA) is 18.5 Å². The Morgan fingerprint density at radius 1 is 1.42 bits per heavy atom. The fourth-order valence-electron chi connectivity index (χ4n) is 2.29. The third-order valence-corrected chi connectivity index (χ3v) is 2.91. The minimum Gasteiger partial charge on any atom is -0.350 e. The predicted octanol–water partition coefficient (Wildman–Crippen LogP) is 2.47. The third kappa shape index (κ3) is 1.50. The maximum Gasteiger partial charge on any atom is 0.168 e. The monoisotopic (exact) mass is 170 g/mol. The molecule has 0 amide bonds. The van der Waals surface area contributed by atoms with E-state index in [2.05, 4.69) is 6.92 Å². The Balaban J connectivity index is 1.88. The van der Waals surface area contributed by atoms with Crippen molar-refractivity contribution in [2.24, 2.45) is 0 Å². The molecule has 0 aromatic carbocycles. The second-order valence-electron chi connectivity index (χ2n) is 3.93. The molecule has 0 saturated carbocycles. The van der Waals surface area contributed by atoms with Crippen LogP contribution >= 0.6 is 0 Å². The summed E-state index contributed by atoms with van der Waals surface area (Å²) in [7, 11) is 0. The minimum absolute atomic E-state index is 0.139. The van der Waals surface area contributed by atoms with Gasteiger partial charge in [0.1, 0.15) is 0 Å². The van der Waals surface area contributed by atoms with Crippen LogP contribution in [0.1, 0.15) is 45.4 Å². The molecule has 0 aliphatic carbocycles. The standard InChI is InChI=1S/C10H18O2/c1-2-4-9-5-7-10(12-9)6-3-8-11-10/h9H,2-8H2,1H3. The summed E-state index contributed by atoms with van der Waals surface area (Å²) in [6.07, 6.45) is 7.52. The van der Waals surface area contributed by atoms with Crippen LogP contribution in [-0.2, 0) is 9.47 Å². The lowest BCUT2D eigenvalue weighted by molar-refractivity contribution is -0.199. The van der Waals surface area contributed by atoms with Crippen LogP contribution in [0.4, 0.5) is 0 Å². The maximum absolute atomic E-state index is 5.93. The third-order valence-electron chi connectivity index (χ3n) is 2.91. The molecule has 1 spiro atoms. The molecule has 0 N–H and O–H groups in total. The van der Waals surface area contributed by atoms with Crippen LogP contribution in [0.2, 0.25) is 0 Å². The van der Waals surface area contributed by atoms with E-state index in [1.807, 2.05) is 0 Å². The first-order valence-corrected chi connectivity index (χ1v) is 5.16. The van der Waals surface area contributed by atoms with Crippen LogP contribution in [0.5, 0.6) is 0 Å². The first-order valence-electron chi connectivity index (χ1n) is 5.16. The first kappa shape index (κ1) is 8.52. The Hall–Kier alpha value is -0.0800. The number of ether oxygens (including phenoxy) is 2. The van der Waals surface area contributed by atoms with Crippen molar-refractivity contribution in [1.82, 2.24) is 0 Å². The quantitative estimate of drug-likeness (QED) is 0.634. The van der Waals surface area contributed by atoms with Crippen molar-refractivity contribution in [3.05, 3.63) is 0 Å². The van der Waals surface area contributed by atoms with Crippen LogP contribution in [0, 0.1) is 0 Å². The van der Waals surface area contributed by atoms with E-state index in [-0.39, 0.29) is 5.79 Å². The second kappa shape index (κ2) is 3.35. The maximum atomic E-state index is 5.93.